The van der Waals surface area contributed by atoms with E-state index in [1.807, 2.05) is 23.5 Å². The molecule has 1 aromatic heterocycles. The number of rotatable bonds is 7. The summed E-state index contributed by atoms with van der Waals surface area (Å²) in [5.74, 6) is 1.63. The number of phenols is 1. The van der Waals surface area contributed by atoms with Crippen molar-refractivity contribution in [3.05, 3.63) is 52.2 Å². The molecule has 0 bridgehead atoms. The molecule has 1 aromatic carbocycles. The maximum atomic E-state index is 9.50. The molecule has 2 aromatic rings. The van der Waals surface area contributed by atoms with Gasteiger partial charge in [0.05, 0.1) is 6.54 Å². The Bertz CT molecular complexity index is 610. The maximum absolute atomic E-state index is 9.50. The predicted molar refractivity (Wildman–Crippen MR) is 98.1 cm³/mol. The van der Waals surface area contributed by atoms with Crippen LogP contribution >= 0.6 is 11.3 Å². The van der Waals surface area contributed by atoms with Crippen LogP contribution in [0, 0.1) is 5.92 Å². The molecule has 0 aliphatic carbocycles. The van der Waals surface area contributed by atoms with E-state index in [0.717, 1.165) is 31.0 Å². The van der Waals surface area contributed by atoms with Gasteiger partial charge in [0.25, 0.3) is 0 Å². The lowest BCUT2D eigenvalue weighted by Gasteiger charge is -2.15. The summed E-state index contributed by atoms with van der Waals surface area (Å²) in [5.41, 5.74) is 0.994. The average molecular weight is 331 g/mol. The SMILES string of the molecule is CCNC(=NCc1cccc(O)c1)NCC(C)Cc1cccs1. The molecular weight excluding hydrogens is 306 g/mol. The first-order valence-electron chi connectivity index (χ1n) is 8.00. The van der Waals surface area contributed by atoms with Crippen molar-refractivity contribution in [1.29, 1.82) is 0 Å². The third-order valence-corrected chi connectivity index (χ3v) is 4.32. The van der Waals surface area contributed by atoms with Crippen LogP contribution in [0.15, 0.2) is 46.8 Å². The van der Waals surface area contributed by atoms with Gasteiger partial charge in [0, 0.05) is 18.0 Å². The zero-order chi connectivity index (χ0) is 16.5. The Balaban J connectivity index is 1.86. The molecule has 5 heteroatoms. The Labute approximate surface area is 142 Å². The highest BCUT2D eigenvalue weighted by atomic mass is 32.1. The highest BCUT2D eigenvalue weighted by Gasteiger charge is 2.06. The molecule has 1 heterocycles. The number of nitrogens with one attached hydrogen (secondary N) is 2. The molecule has 0 radical (unpaired) electrons. The quantitative estimate of drug-likeness (QED) is 0.538. The Kier molecular flexibility index (Phi) is 6.94. The summed E-state index contributed by atoms with van der Waals surface area (Å²) in [5, 5.41) is 18.3. The molecule has 1 unspecified atom stereocenters. The van der Waals surface area contributed by atoms with Gasteiger partial charge in [0.1, 0.15) is 5.75 Å². The first kappa shape index (κ1) is 17.3. The first-order chi connectivity index (χ1) is 11.2. The van der Waals surface area contributed by atoms with Crippen LogP contribution in [0.5, 0.6) is 5.75 Å². The maximum Gasteiger partial charge on any atom is 0.191 e. The van der Waals surface area contributed by atoms with Gasteiger partial charge < -0.3 is 15.7 Å². The van der Waals surface area contributed by atoms with Gasteiger partial charge in [0.15, 0.2) is 5.96 Å². The lowest BCUT2D eigenvalue weighted by atomic mass is 10.1. The van der Waals surface area contributed by atoms with Gasteiger partial charge in [0.2, 0.25) is 0 Å². The van der Waals surface area contributed by atoms with Crippen molar-refractivity contribution in [3.63, 3.8) is 0 Å². The molecular formula is C18H25N3OS. The molecule has 0 saturated carbocycles. The second kappa shape index (κ2) is 9.20. The summed E-state index contributed by atoms with van der Waals surface area (Å²) in [4.78, 5) is 6.00. The van der Waals surface area contributed by atoms with Gasteiger partial charge in [-0.2, -0.15) is 0 Å². The molecule has 1 atom stereocenters. The summed E-state index contributed by atoms with van der Waals surface area (Å²) in [7, 11) is 0. The van der Waals surface area contributed by atoms with E-state index in [9.17, 15) is 5.11 Å². The summed E-state index contributed by atoms with van der Waals surface area (Å²) < 4.78 is 0. The minimum Gasteiger partial charge on any atom is -0.508 e. The van der Waals surface area contributed by atoms with Crippen LogP contribution < -0.4 is 10.6 Å². The summed E-state index contributed by atoms with van der Waals surface area (Å²) in [6.45, 7) is 6.55. The zero-order valence-electron chi connectivity index (χ0n) is 13.7. The number of hydrogen-bond donors (Lipinski definition) is 3. The van der Waals surface area contributed by atoms with Crippen molar-refractivity contribution < 1.29 is 5.11 Å². The molecule has 0 aliphatic rings. The molecule has 2 rings (SSSR count). The van der Waals surface area contributed by atoms with E-state index in [-0.39, 0.29) is 5.75 Å². The molecule has 3 N–H and O–H groups in total. The number of aliphatic imine (C=N–C) groups is 1. The molecule has 0 amide bonds. The van der Waals surface area contributed by atoms with Crippen LogP contribution in [0.2, 0.25) is 0 Å². The Hall–Kier alpha value is -2.01. The molecule has 0 aliphatic heterocycles. The minimum atomic E-state index is 0.278. The lowest BCUT2D eigenvalue weighted by molar-refractivity contribution is 0.474. The molecule has 0 fully saturated rings. The zero-order valence-corrected chi connectivity index (χ0v) is 14.6. The van der Waals surface area contributed by atoms with Crippen molar-refractivity contribution in [3.8, 4) is 5.75 Å². The second-order valence-corrected chi connectivity index (χ2v) is 6.67. The lowest BCUT2D eigenvalue weighted by Crippen LogP contribution is -2.39. The predicted octanol–water partition coefficient (Wildman–Crippen LogP) is 3.39. The van der Waals surface area contributed by atoms with Gasteiger partial charge in [-0.15, -0.1) is 11.3 Å². The molecule has 0 saturated heterocycles. The van der Waals surface area contributed by atoms with Crippen LogP contribution in [-0.2, 0) is 13.0 Å². The highest BCUT2D eigenvalue weighted by Crippen LogP contribution is 2.14. The highest BCUT2D eigenvalue weighted by molar-refractivity contribution is 7.09. The third-order valence-electron chi connectivity index (χ3n) is 3.42. The topological polar surface area (TPSA) is 56.7 Å². The van der Waals surface area contributed by atoms with Crippen LogP contribution in [0.1, 0.15) is 24.3 Å². The van der Waals surface area contributed by atoms with Crippen LogP contribution in [0.3, 0.4) is 0 Å². The van der Waals surface area contributed by atoms with Crippen molar-refractivity contribution in [2.45, 2.75) is 26.8 Å². The standard InChI is InChI=1S/C18H25N3OS/c1-3-19-18(21-13-15-6-4-7-16(22)11-15)20-12-14(2)10-17-8-5-9-23-17/h4-9,11,14,22H,3,10,12-13H2,1-2H3,(H2,19,20,21). The normalized spacial score (nSPS) is 12.9. The Morgan fingerprint density at radius 2 is 2.13 bits per heavy atom. The molecule has 124 valence electrons. The van der Waals surface area contributed by atoms with Gasteiger partial charge in [-0.3, -0.25) is 0 Å². The fourth-order valence-electron chi connectivity index (χ4n) is 2.28. The van der Waals surface area contributed by atoms with Crippen molar-refractivity contribution in [2.24, 2.45) is 10.9 Å². The monoisotopic (exact) mass is 331 g/mol. The van der Waals surface area contributed by atoms with Gasteiger partial charge in [-0.1, -0.05) is 25.1 Å². The van der Waals surface area contributed by atoms with Crippen molar-refractivity contribution in [2.75, 3.05) is 13.1 Å². The van der Waals surface area contributed by atoms with Crippen molar-refractivity contribution in [1.82, 2.24) is 10.6 Å². The molecule has 4 nitrogen and oxygen atoms in total. The van der Waals surface area contributed by atoms with Crippen LogP contribution in [0.25, 0.3) is 0 Å². The number of phenolic OH excluding ortho intramolecular Hbond substituents is 1. The molecule has 0 spiro atoms. The second-order valence-electron chi connectivity index (χ2n) is 5.63. The van der Waals surface area contributed by atoms with Gasteiger partial charge in [-0.05, 0) is 48.4 Å². The van der Waals surface area contributed by atoms with E-state index in [2.05, 4.69) is 47.0 Å². The van der Waals surface area contributed by atoms with Crippen LogP contribution in [0.4, 0.5) is 0 Å². The Morgan fingerprint density at radius 1 is 1.26 bits per heavy atom. The summed E-state index contributed by atoms with van der Waals surface area (Å²) in [6.07, 6.45) is 1.08. The van der Waals surface area contributed by atoms with E-state index in [4.69, 9.17) is 0 Å². The largest absolute Gasteiger partial charge is 0.508 e. The van der Waals surface area contributed by atoms with Gasteiger partial charge in [-0.25, -0.2) is 4.99 Å². The van der Waals surface area contributed by atoms with E-state index in [1.54, 1.807) is 12.1 Å². The number of hydrogen-bond acceptors (Lipinski definition) is 3. The molecule has 23 heavy (non-hydrogen) atoms. The van der Waals surface area contributed by atoms with E-state index in [1.165, 1.54) is 4.88 Å². The number of benzene rings is 1. The van der Waals surface area contributed by atoms with E-state index < -0.39 is 0 Å². The van der Waals surface area contributed by atoms with E-state index in [0.29, 0.717) is 12.5 Å². The number of guanidine groups is 1. The third kappa shape index (κ3) is 6.32. The number of thiophene rings is 1. The summed E-state index contributed by atoms with van der Waals surface area (Å²) in [6, 6.07) is 11.5. The average Bonchev–Trinajstić information content (AvgIpc) is 3.03. The summed E-state index contributed by atoms with van der Waals surface area (Å²) >= 11 is 1.81. The van der Waals surface area contributed by atoms with Gasteiger partial charge >= 0.3 is 0 Å². The minimum absolute atomic E-state index is 0.278. The fourth-order valence-corrected chi connectivity index (χ4v) is 3.15. The van der Waals surface area contributed by atoms with Crippen LogP contribution in [-0.4, -0.2) is 24.2 Å². The Morgan fingerprint density at radius 3 is 2.83 bits per heavy atom. The number of aromatic hydroxyl groups is 1. The fraction of sp³-hybridized carbons (Fsp3) is 0.389. The van der Waals surface area contributed by atoms with E-state index >= 15 is 0 Å². The smallest absolute Gasteiger partial charge is 0.191 e. The first-order valence-corrected chi connectivity index (χ1v) is 8.87. The number of nitrogens with zero attached hydrogens (tertiary/aromatic N) is 1. The van der Waals surface area contributed by atoms with Crippen molar-refractivity contribution >= 4 is 17.3 Å².